The normalized spacial score (nSPS) is 22.9. The molecule has 1 fully saturated rings. The van der Waals surface area contributed by atoms with Crippen LogP contribution in [0, 0.1) is 12.3 Å². The molecule has 1 N–H and O–H groups in total. The fourth-order valence-electron chi connectivity index (χ4n) is 3.81. The fraction of sp³-hybridized carbons (Fsp3) is 0.600. The van der Waals surface area contributed by atoms with Gasteiger partial charge in [-0.25, -0.2) is 0 Å². The van der Waals surface area contributed by atoms with Crippen LogP contribution in [0.4, 0.5) is 0 Å². The summed E-state index contributed by atoms with van der Waals surface area (Å²) in [6, 6.07) is 9.15. The standard InChI is InChI=1S/C20H30N2/c1-16-4-6-17(7-5-16)19-8-9-20(2,3)14-18(19)15-22-12-10-21-11-13-22/h4-7,21H,8-15H2,1-3H3. The zero-order valence-corrected chi connectivity index (χ0v) is 14.4. The fourth-order valence-corrected chi connectivity index (χ4v) is 3.81. The summed E-state index contributed by atoms with van der Waals surface area (Å²) in [5.74, 6) is 0. The third-order valence-electron chi connectivity index (χ3n) is 5.19. The van der Waals surface area contributed by atoms with Gasteiger partial charge in [-0.1, -0.05) is 49.2 Å². The number of nitrogens with one attached hydrogen (secondary N) is 1. The van der Waals surface area contributed by atoms with Gasteiger partial charge in [0, 0.05) is 32.7 Å². The first kappa shape index (κ1) is 15.8. The molecule has 0 radical (unpaired) electrons. The van der Waals surface area contributed by atoms with E-state index in [2.05, 4.69) is 55.3 Å². The van der Waals surface area contributed by atoms with E-state index < -0.39 is 0 Å². The quantitative estimate of drug-likeness (QED) is 0.911. The van der Waals surface area contributed by atoms with Crippen molar-refractivity contribution < 1.29 is 0 Å². The number of hydrogen-bond acceptors (Lipinski definition) is 2. The molecule has 1 aliphatic carbocycles. The van der Waals surface area contributed by atoms with E-state index in [1.54, 1.807) is 11.1 Å². The van der Waals surface area contributed by atoms with E-state index in [9.17, 15) is 0 Å². The van der Waals surface area contributed by atoms with Gasteiger partial charge in [0.15, 0.2) is 0 Å². The molecule has 0 spiro atoms. The predicted octanol–water partition coefficient (Wildman–Crippen LogP) is 3.86. The minimum absolute atomic E-state index is 0.456. The van der Waals surface area contributed by atoms with Crippen LogP contribution < -0.4 is 5.32 Å². The summed E-state index contributed by atoms with van der Waals surface area (Å²) in [5, 5.41) is 3.46. The molecule has 3 rings (SSSR count). The van der Waals surface area contributed by atoms with Crippen LogP contribution in [0.25, 0.3) is 5.57 Å². The molecule has 22 heavy (non-hydrogen) atoms. The Morgan fingerprint density at radius 3 is 2.45 bits per heavy atom. The third-order valence-corrected chi connectivity index (χ3v) is 5.19. The number of hydrogen-bond donors (Lipinski definition) is 1. The molecule has 1 aromatic rings. The first-order valence-electron chi connectivity index (χ1n) is 8.74. The minimum Gasteiger partial charge on any atom is -0.314 e. The van der Waals surface area contributed by atoms with Crippen molar-refractivity contribution in [1.82, 2.24) is 10.2 Å². The lowest BCUT2D eigenvalue weighted by atomic mass is 9.72. The molecule has 1 aromatic carbocycles. The lowest BCUT2D eigenvalue weighted by molar-refractivity contribution is 0.242. The number of allylic oxidation sites excluding steroid dienone is 1. The highest BCUT2D eigenvalue weighted by molar-refractivity contribution is 5.70. The zero-order valence-electron chi connectivity index (χ0n) is 14.4. The second-order valence-corrected chi connectivity index (χ2v) is 7.82. The molecular formula is C20H30N2. The van der Waals surface area contributed by atoms with Gasteiger partial charge in [0.1, 0.15) is 0 Å². The summed E-state index contributed by atoms with van der Waals surface area (Å²) < 4.78 is 0. The summed E-state index contributed by atoms with van der Waals surface area (Å²) in [4.78, 5) is 2.63. The maximum atomic E-state index is 3.46. The van der Waals surface area contributed by atoms with Crippen molar-refractivity contribution in [3.63, 3.8) is 0 Å². The van der Waals surface area contributed by atoms with Crippen LogP contribution >= 0.6 is 0 Å². The summed E-state index contributed by atoms with van der Waals surface area (Å²) >= 11 is 0. The predicted molar refractivity (Wildman–Crippen MR) is 95.0 cm³/mol. The molecule has 1 saturated heterocycles. The van der Waals surface area contributed by atoms with Crippen LogP contribution in [0.2, 0.25) is 0 Å². The van der Waals surface area contributed by atoms with E-state index in [1.807, 2.05) is 0 Å². The molecule has 0 bridgehead atoms. The number of piperazine rings is 1. The van der Waals surface area contributed by atoms with Gasteiger partial charge in [-0.05, 0) is 42.7 Å². The lowest BCUT2D eigenvalue weighted by Gasteiger charge is -2.37. The van der Waals surface area contributed by atoms with Gasteiger partial charge < -0.3 is 5.32 Å². The Labute approximate surface area is 135 Å². The Morgan fingerprint density at radius 1 is 1.09 bits per heavy atom. The highest BCUT2D eigenvalue weighted by atomic mass is 15.2. The van der Waals surface area contributed by atoms with E-state index in [0.29, 0.717) is 5.41 Å². The Bertz CT molecular complexity index is 533. The van der Waals surface area contributed by atoms with Crippen molar-refractivity contribution in [1.29, 1.82) is 0 Å². The molecule has 2 nitrogen and oxygen atoms in total. The molecule has 0 unspecified atom stereocenters. The van der Waals surface area contributed by atoms with E-state index in [0.717, 1.165) is 19.6 Å². The molecule has 1 aliphatic heterocycles. The molecule has 2 heteroatoms. The largest absolute Gasteiger partial charge is 0.314 e. The van der Waals surface area contributed by atoms with E-state index in [-0.39, 0.29) is 0 Å². The van der Waals surface area contributed by atoms with Gasteiger partial charge in [-0.15, -0.1) is 0 Å². The van der Waals surface area contributed by atoms with Crippen molar-refractivity contribution in [2.75, 3.05) is 32.7 Å². The van der Waals surface area contributed by atoms with Crippen LogP contribution in [-0.4, -0.2) is 37.6 Å². The Kier molecular flexibility index (Phi) is 4.70. The molecule has 0 amide bonds. The monoisotopic (exact) mass is 298 g/mol. The average molecular weight is 298 g/mol. The summed E-state index contributed by atoms with van der Waals surface area (Å²) in [6.07, 6.45) is 3.79. The molecule has 0 saturated carbocycles. The van der Waals surface area contributed by atoms with Crippen molar-refractivity contribution in [2.45, 2.75) is 40.0 Å². The smallest absolute Gasteiger partial charge is 0.0200 e. The average Bonchev–Trinajstić information content (AvgIpc) is 2.49. The molecule has 1 heterocycles. The highest BCUT2D eigenvalue weighted by Crippen LogP contribution is 2.42. The minimum atomic E-state index is 0.456. The second-order valence-electron chi connectivity index (χ2n) is 7.82. The molecule has 0 atom stereocenters. The molecule has 2 aliphatic rings. The third kappa shape index (κ3) is 3.80. The van der Waals surface area contributed by atoms with Gasteiger partial charge in [-0.2, -0.15) is 0 Å². The van der Waals surface area contributed by atoms with Crippen molar-refractivity contribution in [3.05, 3.63) is 41.0 Å². The zero-order chi connectivity index (χ0) is 15.6. The van der Waals surface area contributed by atoms with Gasteiger partial charge in [0.05, 0.1) is 0 Å². The van der Waals surface area contributed by atoms with Crippen molar-refractivity contribution >= 4 is 5.57 Å². The number of benzene rings is 1. The van der Waals surface area contributed by atoms with Crippen molar-refractivity contribution in [3.8, 4) is 0 Å². The lowest BCUT2D eigenvalue weighted by Crippen LogP contribution is -2.44. The van der Waals surface area contributed by atoms with Crippen LogP contribution in [0.15, 0.2) is 29.8 Å². The Balaban J connectivity index is 1.87. The van der Waals surface area contributed by atoms with Crippen molar-refractivity contribution in [2.24, 2.45) is 5.41 Å². The van der Waals surface area contributed by atoms with Gasteiger partial charge in [-0.3, -0.25) is 4.90 Å². The maximum Gasteiger partial charge on any atom is 0.0200 e. The molecule has 0 aromatic heterocycles. The topological polar surface area (TPSA) is 15.3 Å². The summed E-state index contributed by atoms with van der Waals surface area (Å²) in [5.41, 5.74) is 6.56. The summed E-state index contributed by atoms with van der Waals surface area (Å²) in [7, 11) is 0. The molecule has 120 valence electrons. The van der Waals surface area contributed by atoms with Crippen LogP contribution in [0.1, 0.15) is 44.2 Å². The maximum absolute atomic E-state index is 3.46. The number of nitrogens with zero attached hydrogens (tertiary/aromatic N) is 1. The van der Waals surface area contributed by atoms with E-state index in [1.165, 1.54) is 43.5 Å². The highest BCUT2D eigenvalue weighted by Gasteiger charge is 2.28. The SMILES string of the molecule is Cc1ccc(C2=C(CN3CCNCC3)CC(C)(C)CC2)cc1. The van der Waals surface area contributed by atoms with Crippen LogP contribution in [0.5, 0.6) is 0 Å². The van der Waals surface area contributed by atoms with Gasteiger partial charge in [0.2, 0.25) is 0 Å². The first-order chi connectivity index (χ1) is 10.5. The van der Waals surface area contributed by atoms with Gasteiger partial charge in [0.25, 0.3) is 0 Å². The number of rotatable bonds is 3. The molecular weight excluding hydrogens is 268 g/mol. The first-order valence-corrected chi connectivity index (χ1v) is 8.74. The van der Waals surface area contributed by atoms with Crippen LogP contribution in [0.3, 0.4) is 0 Å². The van der Waals surface area contributed by atoms with Gasteiger partial charge >= 0.3 is 0 Å². The Morgan fingerprint density at radius 2 is 1.77 bits per heavy atom. The van der Waals surface area contributed by atoms with E-state index in [4.69, 9.17) is 0 Å². The number of aryl methyl sites for hydroxylation is 1. The second kappa shape index (κ2) is 6.55. The van der Waals surface area contributed by atoms with Crippen LogP contribution in [-0.2, 0) is 0 Å². The van der Waals surface area contributed by atoms with E-state index >= 15 is 0 Å². The Hall–Kier alpha value is -1.12. The summed E-state index contributed by atoms with van der Waals surface area (Å²) in [6.45, 7) is 12.8.